The number of benzene rings is 1. The molecule has 2 heterocycles. The fraction of sp³-hybridized carbons (Fsp3) is 0.524. The van der Waals surface area contributed by atoms with E-state index < -0.39 is 67.1 Å². The van der Waals surface area contributed by atoms with Crippen LogP contribution in [0.1, 0.15) is 20.8 Å². The van der Waals surface area contributed by atoms with Crippen molar-refractivity contribution in [2.24, 2.45) is 0 Å². The van der Waals surface area contributed by atoms with Gasteiger partial charge in [0.2, 0.25) is 0 Å². The van der Waals surface area contributed by atoms with Crippen molar-refractivity contribution in [1.29, 1.82) is 0 Å². The van der Waals surface area contributed by atoms with Crippen LogP contribution in [0.3, 0.4) is 0 Å². The summed E-state index contributed by atoms with van der Waals surface area (Å²) in [6.07, 6.45) is -2.46. The Morgan fingerprint density at radius 2 is 2.03 bits per heavy atom. The van der Waals surface area contributed by atoms with Gasteiger partial charge in [0.1, 0.15) is 37.3 Å². The molecule has 16 heteroatoms. The molecule has 6 atom stereocenters. The third-order valence-corrected chi connectivity index (χ3v) is 7.74. The largest absolute Gasteiger partial charge is 0.465 e. The van der Waals surface area contributed by atoms with E-state index in [-0.39, 0.29) is 12.4 Å². The highest BCUT2D eigenvalue weighted by Gasteiger charge is 2.56. The SMILES string of the molecule is B[C@]1(Cl)[C@H](O)[C@@H](CO[P@](=O)(NC(C)(C)C(=O)OCC)Oc2ccc(F)cc2)O[C@H]1N1C=CC(O)NC1=O. The number of nitrogens with zero attached hydrogens (tertiary/aromatic N) is 1. The average Bonchev–Trinajstić information content (AvgIpc) is 3.02. The summed E-state index contributed by atoms with van der Waals surface area (Å²) >= 11 is 6.53. The molecule has 1 fully saturated rings. The minimum atomic E-state index is -4.40. The molecule has 2 amide bonds. The molecule has 37 heavy (non-hydrogen) atoms. The van der Waals surface area contributed by atoms with Crippen molar-refractivity contribution < 1.29 is 47.3 Å². The van der Waals surface area contributed by atoms with Gasteiger partial charge in [-0.25, -0.2) is 13.8 Å². The maximum Gasteiger partial charge on any atom is 0.459 e. The van der Waals surface area contributed by atoms with Crippen molar-refractivity contribution in [1.82, 2.24) is 15.3 Å². The maximum absolute atomic E-state index is 13.7. The van der Waals surface area contributed by atoms with Gasteiger partial charge in [-0.2, -0.15) is 5.09 Å². The second kappa shape index (κ2) is 11.3. The van der Waals surface area contributed by atoms with Gasteiger partial charge in [-0.1, -0.05) is 0 Å². The van der Waals surface area contributed by atoms with Gasteiger partial charge in [0.15, 0.2) is 6.23 Å². The summed E-state index contributed by atoms with van der Waals surface area (Å²) in [6, 6.07) is 3.87. The summed E-state index contributed by atoms with van der Waals surface area (Å²) in [6.45, 7) is 3.93. The lowest BCUT2D eigenvalue weighted by Gasteiger charge is -2.35. The number of alkyl halides is 1. The van der Waals surface area contributed by atoms with E-state index in [1.165, 1.54) is 46.1 Å². The number of aliphatic hydroxyl groups is 2. The summed E-state index contributed by atoms with van der Waals surface area (Å²) in [4.78, 5) is 25.8. The highest BCUT2D eigenvalue weighted by molar-refractivity contribution is 7.52. The third-order valence-electron chi connectivity index (χ3n) is 5.55. The van der Waals surface area contributed by atoms with E-state index in [1.54, 1.807) is 6.92 Å². The molecule has 204 valence electrons. The summed E-state index contributed by atoms with van der Waals surface area (Å²) in [5, 5.41) is 25.2. The molecule has 1 saturated heterocycles. The molecular weight excluding hydrogens is 534 g/mol. The number of halogens is 2. The second-order valence-corrected chi connectivity index (χ2v) is 11.5. The minimum Gasteiger partial charge on any atom is -0.465 e. The fourth-order valence-corrected chi connectivity index (χ4v) is 5.59. The first-order chi connectivity index (χ1) is 17.2. The molecule has 4 N–H and O–H groups in total. The molecule has 0 aliphatic carbocycles. The normalized spacial score (nSPS) is 29.5. The van der Waals surface area contributed by atoms with E-state index in [1.807, 2.05) is 0 Å². The van der Waals surface area contributed by atoms with E-state index in [2.05, 4.69) is 10.4 Å². The lowest BCUT2D eigenvalue weighted by molar-refractivity contribution is -0.149. The van der Waals surface area contributed by atoms with Crippen molar-refractivity contribution in [3.63, 3.8) is 0 Å². The summed E-state index contributed by atoms with van der Waals surface area (Å²) in [5.41, 5.74) is -1.54. The van der Waals surface area contributed by atoms with E-state index in [0.29, 0.717) is 0 Å². The molecule has 1 aromatic carbocycles. The Morgan fingerprint density at radius 1 is 1.38 bits per heavy atom. The first kappa shape index (κ1) is 29.4. The molecule has 1 unspecified atom stereocenters. The number of esters is 1. The van der Waals surface area contributed by atoms with Crippen LogP contribution >= 0.6 is 19.3 Å². The van der Waals surface area contributed by atoms with Gasteiger partial charge in [0.05, 0.1) is 24.1 Å². The Balaban J connectivity index is 1.80. The molecule has 12 nitrogen and oxygen atoms in total. The van der Waals surface area contributed by atoms with Gasteiger partial charge in [0, 0.05) is 6.20 Å². The van der Waals surface area contributed by atoms with Gasteiger partial charge in [-0.05, 0) is 51.1 Å². The van der Waals surface area contributed by atoms with E-state index in [9.17, 15) is 28.8 Å². The van der Waals surface area contributed by atoms with Crippen LogP contribution in [0.25, 0.3) is 0 Å². The zero-order chi connectivity index (χ0) is 27.6. The first-order valence-corrected chi connectivity index (χ1v) is 13.2. The number of aliphatic hydroxyl groups excluding tert-OH is 2. The van der Waals surface area contributed by atoms with E-state index in [0.717, 1.165) is 17.0 Å². The molecule has 2 aliphatic heterocycles. The zero-order valence-corrected chi connectivity index (χ0v) is 22.2. The number of rotatable bonds is 10. The number of ether oxygens (including phenoxy) is 2. The third kappa shape index (κ3) is 6.83. The molecule has 0 saturated carbocycles. The molecular formula is C21H29BClFN3O9P. The first-order valence-electron chi connectivity index (χ1n) is 11.3. The minimum absolute atomic E-state index is 0.0291. The van der Waals surface area contributed by atoms with Crippen LogP contribution < -0.4 is 14.9 Å². The highest BCUT2D eigenvalue weighted by atomic mass is 35.5. The number of carbonyl (C=O) groups excluding carboxylic acids is 2. The Bertz CT molecular complexity index is 1080. The number of carbonyl (C=O) groups is 2. The number of hydrogen-bond donors (Lipinski definition) is 4. The molecule has 1 aromatic rings. The molecule has 0 spiro atoms. The molecule has 0 radical (unpaired) electrons. The predicted octanol–water partition coefficient (Wildman–Crippen LogP) is 0.772. The van der Waals surface area contributed by atoms with Crippen LogP contribution in [0, 0.1) is 5.82 Å². The van der Waals surface area contributed by atoms with Crippen LogP contribution in [-0.4, -0.2) is 83.1 Å². The highest BCUT2D eigenvalue weighted by Crippen LogP contribution is 2.48. The summed E-state index contributed by atoms with van der Waals surface area (Å²) < 4.78 is 47.4. The Labute approximate surface area is 219 Å². The Morgan fingerprint density at radius 3 is 2.62 bits per heavy atom. The molecule has 0 aromatic heterocycles. The Hall–Kier alpha value is -2.19. The van der Waals surface area contributed by atoms with Gasteiger partial charge >= 0.3 is 19.7 Å². The topological polar surface area (TPSA) is 156 Å². The molecule has 0 bridgehead atoms. The van der Waals surface area contributed by atoms with Gasteiger partial charge in [-0.3, -0.25) is 14.2 Å². The monoisotopic (exact) mass is 563 g/mol. The second-order valence-electron chi connectivity index (χ2n) is 9.06. The number of urea groups is 1. The quantitative estimate of drug-likeness (QED) is 0.139. The molecule has 3 rings (SSSR count). The van der Waals surface area contributed by atoms with Crippen molar-refractivity contribution in [3.8, 4) is 5.75 Å². The van der Waals surface area contributed by atoms with Crippen molar-refractivity contribution in [3.05, 3.63) is 42.4 Å². The van der Waals surface area contributed by atoms with Crippen molar-refractivity contribution in [2.75, 3.05) is 13.2 Å². The lowest BCUT2D eigenvalue weighted by atomic mass is 9.79. The number of nitrogens with one attached hydrogen (secondary N) is 2. The van der Waals surface area contributed by atoms with Crippen LogP contribution in [0.4, 0.5) is 9.18 Å². The standard InChI is InChI=1S/C21H29BClFN3O9P/c1-4-33-18(30)20(2,3)26-37(32,36-13-7-5-12(24)6-8-13)34-11-14-16(29)21(22,23)17(35-14)27-10-9-15(28)25-19(27)31/h5-10,14-17,28-29H,4,11,22H2,1-3H3,(H,25,31)(H,26,32)/t14-,15?,16-,17-,21+,37-/m1/s1. The average molecular weight is 564 g/mol. The fourth-order valence-electron chi connectivity index (χ4n) is 3.61. The smallest absolute Gasteiger partial charge is 0.459 e. The van der Waals surface area contributed by atoms with Gasteiger partial charge in [0.25, 0.3) is 0 Å². The van der Waals surface area contributed by atoms with Crippen LogP contribution in [0.15, 0.2) is 36.5 Å². The number of amides is 2. The van der Waals surface area contributed by atoms with Crippen molar-refractivity contribution in [2.45, 2.75) is 55.7 Å². The van der Waals surface area contributed by atoms with E-state index in [4.69, 9.17) is 30.1 Å². The summed E-state index contributed by atoms with van der Waals surface area (Å²) in [5.74, 6) is -1.32. The van der Waals surface area contributed by atoms with Crippen LogP contribution in [0.5, 0.6) is 5.75 Å². The summed E-state index contributed by atoms with van der Waals surface area (Å²) in [7, 11) is -2.96. The maximum atomic E-state index is 13.7. The molecule has 2 aliphatic rings. The number of hydrogen-bond acceptors (Lipinski definition) is 9. The van der Waals surface area contributed by atoms with Crippen LogP contribution in [0.2, 0.25) is 0 Å². The lowest BCUT2D eigenvalue weighted by Crippen LogP contribution is -2.56. The van der Waals surface area contributed by atoms with Gasteiger partial charge in [-0.15, -0.1) is 11.6 Å². The van der Waals surface area contributed by atoms with Crippen molar-refractivity contribution >= 4 is 39.2 Å². The van der Waals surface area contributed by atoms with Crippen LogP contribution in [-0.2, 0) is 23.4 Å². The van der Waals surface area contributed by atoms with Gasteiger partial charge < -0.3 is 29.5 Å². The predicted molar refractivity (Wildman–Crippen MR) is 132 cm³/mol. The van der Waals surface area contributed by atoms with E-state index >= 15 is 0 Å². The zero-order valence-electron chi connectivity index (χ0n) is 20.6. The Kier molecular flexibility index (Phi) is 8.95.